The molecule has 3 atom stereocenters. The van der Waals surface area contributed by atoms with E-state index in [9.17, 15) is 0 Å². The maximum absolute atomic E-state index is 6.10. The van der Waals surface area contributed by atoms with Crippen LogP contribution in [-0.4, -0.2) is 18.8 Å². The topological polar surface area (TPSA) is 35.2 Å². The van der Waals surface area contributed by atoms with Crippen LogP contribution in [0.2, 0.25) is 0 Å². The van der Waals surface area contributed by atoms with E-state index in [0.29, 0.717) is 12.1 Å². The van der Waals surface area contributed by atoms with Gasteiger partial charge < -0.3 is 10.5 Å². The normalized spacial score (nSPS) is 36.8. The summed E-state index contributed by atoms with van der Waals surface area (Å²) in [5, 5.41) is 0. The average molecular weight is 211 g/mol. The van der Waals surface area contributed by atoms with Crippen molar-refractivity contribution >= 4 is 0 Å². The summed E-state index contributed by atoms with van der Waals surface area (Å²) in [4.78, 5) is 0. The molecule has 0 saturated heterocycles. The Morgan fingerprint density at radius 2 is 1.87 bits per heavy atom. The standard InChI is InChI=1S/C13H25NO/c1-2-10-5-6-12(14)13(9-10)15-8-7-11-3-4-11/h10-13H,2-9,14H2,1H3. The first-order chi connectivity index (χ1) is 7.29. The highest BCUT2D eigenvalue weighted by Gasteiger charge is 2.28. The van der Waals surface area contributed by atoms with Crippen LogP contribution in [0.15, 0.2) is 0 Å². The largest absolute Gasteiger partial charge is 0.377 e. The van der Waals surface area contributed by atoms with Gasteiger partial charge >= 0.3 is 0 Å². The number of nitrogens with two attached hydrogens (primary N) is 1. The van der Waals surface area contributed by atoms with Gasteiger partial charge in [-0.3, -0.25) is 0 Å². The highest BCUT2D eigenvalue weighted by Crippen LogP contribution is 2.33. The molecule has 2 aliphatic carbocycles. The Bertz CT molecular complexity index is 191. The van der Waals surface area contributed by atoms with E-state index in [1.54, 1.807) is 0 Å². The van der Waals surface area contributed by atoms with Crippen molar-refractivity contribution in [1.29, 1.82) is 0 Å². The number of ether oxygens (including phenoxy) is 1. The second kappa shape index (κ2) is 5.31. The lowest BCUT2D eigenvalue weighted by Crippen LogP contribution is -2.42. The van der Waals surface area contributed by atoms with Crippen molar-refractivity contribution < 1.29 is 4.74 Å². The SMILES string of the molecule is CCC1CCC(N)C(OCCC2CC2)C1. The molecule has 88 valence electrons. The lowest BCUT2D eigenvalue weighted by molar-refractivity contribution is -0.00326. The molecule has 0 heterocycles. The van der Waals surface area contributed by atoms with Crippen LogP contribution in [0.5, 0.6) is 0 Å². The third kappa shape index (κ3) is 3.46. The molecule has 3 unspecified atom stereocenters. The van der Waals surface area contributed by atoms with E-state index in [1.165, 1.54) is 38.5 Å². The van der Waals surface area contributed by atoms with Crippen molar-refractivity contribution in [3.05, 3.63) is 0 Å². The summed E-state index contributed by atoms with van der Waals surface area (Å²) in [6, 6.07) is 0.298. The molecule has 2 N–H and O–H groups in total. The minimum absolute atomic E-state index is 0.298. The third-order valence-corrected chi connectivity index (χ3v) is 4.08. The summed E-state index contributed by atoms with van der Waals surface area (Å²) >= 11 is 0. The molecule has 0 aromatic heterocycles. The maximum Gasteiger partial charge on any atom is 0.0728 e. The zero-order valence-corrected chi connectivity index (χ0v) is 9.95. The van der Waals surface area contributed by atoms with Crippen LogP contribution in [0.3, 0.4) is 0 Å². The lowest BCUT2D eigenvalue weighted by atomic mass is 9.83. The molecule has 15 heavy (non-hydrogen) atoms. The first-order valence-corrected chi connectivity index (χ1v) is 6.66. The van der Waals surface area contributed by atoms with Crippen LogP contribution < -0.4 is 5.73 Å². The van der Waals surface area contributed by atoms with E-state index in [-0.39, 0.29) is 0 Å². The Labute approximate surface area is 93.6 Å². The van der Waals surface area contributed by atoms with Gasteiger partial charge in [-0.15, -0.1) is 0 Å². The van der Waals surface area contributed by atoms with Crippen molar-refractivity contribution in [1.82, 2.24) is 0 Å². The fraction of sp³-hybridized carbons (Fsp3) is 1.00. The van der Waals surface area contributed by atoms with E-state index >= 15 is 0 Å². The molecular formula is C13H25NO. The number of hydrogen-bond acceptors (Lipinski definition) is 2. The van der Waals surface area contributed by atoms with Crippen molar-refractivity contribution in [3.63, 3.8) is 0 Å². The van der Waals surface area contributed by atoms with Gasteiger partial charge in [0, 0.05) is 12.6 Å². The molecule has 0 spiro atoms. The molecule has 2 nitrogen and oxygen atoms in total. The van der Waals surface area contributed by atoms with Gasteiger partial charge in [-0.1, -0.05) is 26.2 Å². The Morgan fingerprint density at radius 1 is 1.13 bits per heavy atom. The van der Waals surface area contributed by atoms with Crippen LogP contribution in [0.4, 0.5) is 0 Å². The van der Waals surface area contributed by atoms with Crippen LogP contribution in [0.1, 0.15) is 51.9 Å². The predicted molar refractivity (Wildman–Crippen MR) is 62.7 cm³/mol. The molecule has 0 radical (unpaired) electrons. The van der Waals surface area contributed by atoms with E-state index in [2.05, 4.69) is 6.92 Å². The second-order valence-corrected chi connectivity index (χ2v) is 5.39. The Balaban J connectivity index is 1.67. The summed E-state index contributed by atoms with van der Waals surface area (Å²) in [6.07, 6.45) is 9.42. The summed E-state index contributed by atoms with van der Waals surface area (Å²) in [7, 11) is 0. The van der Waals surface area contributed by atoms with Gasteiger partial charge in [-0.25, -0.2) is 0 Å². The molecule has 2 heteroatoms. The molecule has 2 fully saturated rings. The minimum atomic E-state index is 0.298. The Kier molecular flexibility index (Phi) is 4.04. The van der Waals surface area contributed by atoms with Gasteiger partial charge in [-0.2, -0.15) is 0 Å². The van der Waals surface area contributed by atoms with Crippen LogP contribution >= 0.6 is 0 Å². The molecule has 2 rings (SSSR count). The smallest absolute Gasteiger partial charge is 0.0728 e. The van der Waals surface area contributed by atoms with Gasteiger partial charge in [0.1, 0.15) is 0 Å². The summed E-state index contributed by atoms with van der Waals surface area (Å²) in [5.74, 6) is 1.84. The maximum atomic E-state index is 6.10. The number of hydrogen-bond donors (Lipinski definition) is 1. The van der Waals surface area contributed by atoms with Gasteiger partial charge in [0.05, 0.1) is 6.10 Å². The second-order valence-electron chi connectivity index (χ2n) is 5.39. The highest BCUT2D eigenvalue weighted by molar-refractivity contribution is 4.83. The molecule has 0 aromatic carbocycles. The monoisotopic (exact) mass is 211 g/mol. The lowest BCUT2D eigenvalue weighted by Gasteiger charge is -2.33. The van der Waals surface area contributed by atoms with E-state index in [1.807, 2.05) is 0 Å². The summed E-state index contributed by atoms with van der Waals surface area (Å²) in [5.41, 5.74) is 6.10. The van der Waals surface area contributed by atoms with Crippen LogP contribution in [-0.2, 0) is 4.74 Å². The Hall–Kier alpha value is -0.0800. The van der Waals surface area contributed by atoms with Crippen molar-refractivity contribution in [3.8, 4) is 0 Å². The van der Waals surface area contributed by atoms with Crippen LogP contribution in [0, 0.1) is 11.8 Å². The number of rotatable bonds is 5. The predicted octanol–water partition coefficient (Wildman–Crippen LogP) is 2.71. The zero-order valence-electron chi connectivity index (χ0n) is 9.95. The molecule has 0 aromatic rings. The molecule has 0 aliphatic heterocycles. The van der Waals surface area contributed by atoms with E-state index in [0.717, 1.165) is 24.9 Å². The molecule has 0 bridgehead atoms. The molecule has 0 amide bonds. The van der Waals surface area contributed by atoms with Crippen molar-refractivity contribution in [2.45, 2.75) is 64.0 Å². The van der Waals surface area contributed by atoms with Gasteiger partial charge in [0.25, 0.3) is 0 Å². The summed E-state index contributed by atoms with van der Waals surface area (Å²) < 4.78 is 5.95. The Morgan fingerprint density at radius 3 is 2.53 bits per heavy atom. The molecular weight excluding hydrogens is 186 g/mol. The first-order valence-electron chi connectivity index (χ1n) is 6.66. The minimum Gasteiger partial charge on any atom is -0.377 e. The fourth-order valence-electron chi connectivity index (χ4n) is 2.59. The average Bonchev–Trinajstić information content (AvgIpc) is 3.05. The van der Waals surface area contributed by atoms with Crippen molar-refractivity contribution in [2.24, 2.45) is 17.6 Å². The third-order valence-electron chi connectivity index (χ3n) is 4.08. The summed E-state index contributed by atoms with van der Waals surface area (Å²) in [6.45, 7) is 3.22. The molecule has 2 aliphatic rings. The van der Waals surface area contributed by atoms with Gasteiger partial charge in [0.15, 0.2) is 0 Å². The van der Waals surface area contributed by atoms with Gasteiger partial charge in [-0.05, 0) is 37.5 Å². The van der Waals surface area contributed by atoms with Gasteiger partial charge in [0.2, 0.25) is 0 Å². The highest BCUT2D eigenvalue weighted by atomic mass is 16.5. The van der Waals surface area contributed by atoms with Crippen molar-refractivity contribution in [2.75, 3.05) is 6.61 Å². The van der Waals surface area contributed by atoms with Crippen LogP contribution in [0.25, 0.3) is 0 Å². The quantitative estimate of drug-likeness (QED) is 0.759. The zero-order chi connectivity index (χ0) is 10.7. The first kappa shape index (κ1) is 11.4. The molecule has 2 saturated carbocycles. The van der Waals surface area contributed by atoms with E-state index in [4.69, 9.17) is 10.5 Å². The van der Waals surface area contributed by atoms with E-state index < -0.39 is 0 Å². The fourth-order valence-corrected chi connectivity index (χ4v) is 2.59.